The third-order valence-electron chi connectivity index (χ3n) is 4.57. The van der Waals surface area contributed by atoms with Crippen LogP contribution in [0.4, 0.5) is 10.6 Å². The van der Waals surface area contributed by atoms with Gasteiger partial charge in [-0.25, -0.2) is 4.79 Å². The molecule has 0 aliphatic carbocycles. The third kappa shape index (κ3) is 6.03. The summed E-state index contributed by atoms with van der Waals surface area (Å²) in [4.78, 5) is 40.7. The standard InChI is InChI=1S/C18H24N6O4S/c1-12-9-15(22-28-12)21-16(25)11-23-4-6-24(7-5-23)17(26)10-13(20-18(19)27)14-3-2-8-29-14/h2-3,8-9,13H,4-7,10-11H2,1H3,(H3,19,20,27)(H,21,22,25). The number of piperazine rings is 1. The number of carbonyl (C=O) groups is 3. The molecule has 10 nitrogen and oxygen atoms in total. The van der Waals surface area contributed by atoms with Crippen LogP contribution in [0.3, 0.4) is 0 Å². The summed E-state index contributed by atoms with van der Waals surface area (Å²) in [6.45, 7) is 4.18. The Hall–Kier alpha value is -2.92. The van der Waals surface area contributed by atoms with Crippen molar-refractivity contribution in [1.82, 2.24) is 20.3 Å². The van der Waals surface area contributed by atoms with Gasteiger partial charge in [0.25, 0.3) is 0 Å². The Bertz CT molecular complexity index is 844. The highest BCUT2D eigenvalue weighted by atomic mass is 32.1. The molecule has 1 unspecified atom stereocenters. The monoisotopic (exact) mass is 420 g/mol. The number of amides is 4. The molecule has 0 spiro atoms. The molecule has 1 aliphatic heterocycles. The zero-order valence-electron chi connectivity index (χ0n) is 16.1. The summed E-state index contributed by atoms with van der Waals surface area (Å²) in [6.07, 6.45) is 0.148. The van der Waals surface area contributed by atoms with Crippen LogP contribution in [0, 0.1) is 6.92 Å². The highest BCUT2D eigenvalue weighted by Gasteiger charge is 2.26. The van der Waals surface area contributed by atoms with Gasteiger partial charge in [0.15, 0.2) is 5.82 Å². The molecule has 1 aliphatic rings. The van der Waals surface area contributed by atoms with Crippen LogP contribution in [0.5, 0.6) is 0 Å². The van der Waals surface area contributed by atoms with Crippen molar-refractivity contribution in [1.29, 1.82) is 0 Å². The molecule has 0 bridgehead atoms. The van der Waals surface area contributed by atoms with Crippen molar-refractivity contribution in [3.05, 3.63) is 34.2 Å². The van der Waals surface area contributed by atoms with Crippen LogP contribution >= 0.6 is 11.3 Å². The van der Waals surface area contributed by atoms with Crippen molar-refractivity contribution >= 4 is 35.0 Å². The van der Waals surface area contributed by atoms with Crippen LogP contribution in [0.25, 0.3) is 0 Å². The van der Waals surface area contributed by atoms with E-state index >= 15 is 0 Å². The van der Waals surface area contributed by atoms with Crippen LogP contribution in [0.15, 0.2) is 28.1 Å². The minimum absolute atomic E-state index is 0.0562. The van der Waals surface area contributed by atoms with Gasteiger partial charge in [0.1, 0.15) is 5.76 Å². The second-order valence-electron chi connectivity index (χ2n) is 6.81. The van der Waals surface area contributed by atoms with E-state index in [4.69, 9.17) is 10.3 Å². The van der Waals surface area contributed by atoms with Gasteiger partial charge in [0, 0.05) is 37.1 Å². The molecular weight excluding hydrogens is 396 g/mol. The van der Waals surface area contributed by atoms with Gasteiger partial charge in [0.05, 0.1) is 19.0 Å². The molecule has 3 heterocycles. The number of urea groups is 1. The van der Waals surface area contributed by atoms with E-state index in [-0.39, 0.29) is 24.8 Å². The van der Waals surface area contributed by atoms with Crippen LogP contribution in [0.1, 0.15) is 23.1 Å². The number of carbonyl (C=O) groups excluding carboxylic acids is 3. The predicted molar refractivity (Wildman–Crippen MR) is 107 cm³/mol. The Morgan fingerprint density at radius 3 is 2.66 bits per heavy atom. The quantitative estimate of drug-likeness (QED) is 0.610. The van der Waals surface area contributed by atoms with E-state index in [1.807, 2.05) is 22.4 Å². The van der Waals surface area contributed by atoms with Gasteiger partial charge < -0.3 is 25.8 Å². The van der Waals surface area contributed by atoms with Gasteiger partial charge in [0.2, 0.25) is 11.8 Å². The molecule has 0 radical (unpaired) electrons. The average molecular weight is 420 g/mol. The van der Waals surface area contributed by atoms with Crippen LogP contribution < -0.4 is 16.4 Å². The predicted octanol–water partition coefficient (Wildman–Crippen LogP) is 0.927. The van der Waals surface area contributed by atoms with Crippen molar-refractivity contribution in [2.45, 2.75) is 19.4 Å². The maximum absolute atomic E-state index is 12.7. The summed E-state index contributed by atoms with van der Waals surface area (Å²) in [5, 5.41) is 10.9. The van der Waals surface area contributed by atoms with E-state index in [1.165, 1.54) is 11.3 Å². The number of nitrogens with zero attached hydrogens (tertiary/aromatic N) is 3. The number of primary amides is 1. The summed E-state index contributed by atoms with van der Waals surface area (Å²) in [5.41, 5.74) is 5.25. The minimum Gasteiger partial charge on any atom is -0.360 e. The van der Waals surface area contributed by atoms with E-state index in [0.29, 0.717) is 37.8 Å². The lowest BCUT2D eigenvalue weighted by Gasteiger charge is -2.35. The fourth-order valence-electron chi connectivity index (χ4n) is 3.15. The molecule has 0 saturated carbocycles. The Morgan fingerprint density at radius 2 is 2.07 bits per heavy atom. The van der Waals surface area contributed by atoms with Gasteiger partial charge in [-0.1, -0.05) is 11.2 Å². The van der Waals surface area contributed by atoms with Gasteiger partial charge in [-0.15, -0.1) is 11.3 Å². The van der Waals surface area contributed by atoms with Crippen LogP contribution in [0.2, 0.25) is 0 Å². The SMILES string of the molecule is Cc1cc(NC(=O)CN2CCN(C(=O)CC(NC(N)=O)c3cccs3)CC2)no1. The number of hydrogen-bond donors (Lipinski definition) is 3. The van der Waals surface area contributed by atoms with E-state index in [9.17, 15) is 14.4 Å². The zero-order valence-corrected chi connectivity index (χ0v) is 16.9. The summed E-state index contributed by atoms with van der Waals surface area (Å²) < 4.78 is 4.92. The molecule has 2 aromatic rings. The Kier molecular flexibility index (Phi) is 6.83. The lowest BCUT2D eigenvalue weighted by molar-refractivity contribution is -0.133. The highest BCUT2D eigenvalue weighted by molar-refractivity contribution is 7.10. The number of aryl methyl sites for hydroxylation is 1. The number of aromatic nitrogens is 1. The van der Waals surface area contributed by atoms with Crippen molar-refractivity contribution in [3.8, 4) is 0 Å². The van der Waals surface area contributed by atoms with Gasteiger partial charge in [-0.2, -0.15) is 0 Å². The molecule has 11 heteroatoms. The number of thiophene rings is 1. The molecule has 156 valence electrons. The molecule has 4 amide bonds. The summed E-state index contributed by atoms with van der Waals surface area (Å²) in [5.74, 6) is 0.780. The second-order valence-corrected chi connectivity index (χ2v) is 7.79. The van der Waals surface area contributed by atoms with E-state index in [1.54, 1.807) is 17.9 Å². The molecular formula is C18H24N6O4S. The number of anilines is 1. The topological polar surface area (TPSA) is 134 Å². The van der Waals surface area contributed by atoms with E-state index in [2.05, 4.69) is 15.8 Å². The molecule has 4 N–H and O–H groups in total. The van der Waals surface area contributed by atoms with E-state index < -0.39 is 12.1 Å². The van der Waals surface area contributed by atoms with Crippen molar-refractivity contribution in [2.75, 3.05) is 38.0 Å². The second kappa shape index (κ2) is 9.52. The number of hydrogen-bond acceptors (Lipinski definition) is 7. The first-order valence-electron chi connectivity index (χ1n) is 9.23. The average Bonchev–Trinajstić information content (AvgIpc) is 3.33. The molecule has 0 aromatic carbocycles. The van der Waals surface area contributed by atoms with Crippen LogP contribution in [-0.4, -0.2) is 65.5 Å². The van der Waals surface area contributed by atoms with Gasteiger partial charge in [-0.3, -0.25) is 14.5 Å². The van der Waals surface area contributed by atoms with E-state index in [0.717, 1.165) is 4.88 Å². The fourth-order valence-corrected chi connectivity index (χ4v) is 3.93. The third-order valence-corrected chi connectivity index (χ3v) is 5.56. The van der Waals surface area contributed by atoms with Gasteiger partial charge in [-0.05, 0) is 18.4 Å². The molecule has 1 saturated heterocycles. The maximum Gasteiger partial charge on any atom is 0.312 e. The first-order valence-corrected chi connectivity index (χ1v) is 10.1. The molecule has 1 atom stereocenters. The molecule has 2 aromatic heterocycles. The first-order chi connectivity index (χ1) is 13.9. The first kappa shape index (κ1) is 20.8. The smallest absolute Gasteiger partial charge is 0.312 e. The lowest BCUT2D eigenvalue weighted by Crippen LogP contribution is -2.51. The normalized spacial score (nSPS) is 15.7. The Balaban J connectivity index is 1.46. The zero-order chi connectivity index (χ0) is 20.8. The number of nitrogens with two attached hydrogens (primary N) is 1. The number of nitrogens with one attached hydrogen (secondary N) is 2. The lowest BCUT2D eigenvalue weighted by atomic mass is 10.1. The molecule has 1 fully saturated rings. The van der Waals surface area contributed by atoms with Crippen molar-refractivity contribution in [3.63, 3.8) is 0 Å². The largest absolute Gasteiger partial charge is 0.360 e. The summed E-state index contributed by atoms with van der Waals surface area (Å²) in [7, 11) is 0. The maximum atomic E-state index is 12.7. The molecule has 29 heavy (non-hydrogen) atoms. The number of rotatable bonds is 7. The Morgan fingerprint density at radius 1 is 1.31 bits per heavy atom. The Labute approximate surface area is 172 Å². The van der Waals surface area contributed by atoms with Gasteiger partial charge >= 0.3 is 6.03 Å². The van der Waals surface area contributed by atoms with Crippen molar-refractivity contribution in [2.24, 2.45) is 5.73 Å². The summed E-state index contributed by atoms with van der Waals surface area (Å²) in [6, 6.07) is 4.29. The van der Waals surface area contributed by atoms with Crippen LogP contribution in [-0.2, 0) is 9.59 Å². The van der Waals surface area contributed by atoms with Crippen molar-refractivity contribution < 1.29 is 18.9 Å². The fraction of sp³-hybridized carbons (Fsp3) is 0.444. The highest BCUT2D eigenvalue weighted by Crippen LogP contribution is 2.23. The minimum atomic E-state index is -0.658. The summed E-state index contributed by atoms with van der Waals surface area (Å²) >= 11 is 1.47. The molecule has 3 rings (SSSR count).